The number of rotatable bonds is 8. The van der Waals surface area contributed by atoms with Crippen molar-refractivity contribution < 1.29 is 37.3 Å². The molecule has 2 aromatic carbocycles. The Morgan fingerprint density at radius 3 is 2.38 bits per heavy atom. The zero-order valence-corrected chi connectivity index (χ0v) is 15.6. The summed E-state index contributed by atoms with van der Waals surface area (Å²) in [5.41, 5.74) is 1.36. The van der Waals surface area contributed by atoms with Crippen LogP contribution in [0.3, 0.4) is 0 Å². The minimum atomic E-state index is -4.71. The second-order valence-electron chi connectivity index (χ2n) is 5.94. The van der Waals surface area contributed by atoms with Crippen LogP contribution < -0.4 is 14.2 Å². The van der Waals surface area contributed by atoms with Crippen LogP contribution in [0.1, 0.15) is 24.0 Å². The van der Waals surface area contributed by atoms with Crippen molar-refractivity contribution in [2.24, 2.45) is 0 Å². The van der Waals surface area contributed by atoms with E-state index in [2.05, 4.69) is 16.6 Å². The predicted molar refractivity (Wildman–Crippen MR) is 99.0 cm³/mol. The summed E-state index contributed by atoms with van der Waals surface area (Å²) in [6.45, 7) is 1.82. The maximum absolute atomic E-state index is 12.1. The van der Waals surface area contributed by atoms with Crippen LogP contribution in [0.5, 0.6) is 17.2 Å². The number of unbranched alkanes of at least 4 members (excludes halogenated alkanes) is 1. The van der Waals surface area contributed by atoms with Gasteiger partial charge in [0.15, 0.2) is 6.61 Å². The van der Waals surface area contributed by atoms with Crippen LogP contribution in [0.15, 0.2) is 42.5 Å². The molecule has 2 aromatic rings. The van der Waals surface area contributed by atoms with Gasteiger partial charge in [0.05, 0.1) is 6.61 Å². The number of alkyl halides is 3. The zero-order chi connectivity index (χ0) is 21.3. The van der Waals surface area contributed by atoms with E-state index in [1.807, 2.05) is 0 Å². The van der Waals surface area contributed by atoms with E-state index >= 15 is 0 Å². The van der Waals surface area contributed by atoms with Gasteiger partial charge in [-0.3, -0.25) is 0 Å². The van der Waals surface area contributed by atoms with Gasteiger partial charge in [-0.1, -0.05) is 11.8 Å². The Morgan fingerprint density at radius 2 is 1.76 bits per heavy atom. The van der Waals surface area contributed by atoms with Gasteiger partial charge in [-0.05, 0) is 61.4 Å². The van der Waals surface area contributed by atoms with E-state index < -0.39 is 18.9 Å². The molecule has 0 aliphatic heterocycles. The number of ether oxygens (including phenoxy) is 3. The molecule has 5 nitrogen and oxygen atoms in total. The zero-order valence-electron chi connectivity index (χ0n) is 15.6. The monoisotopic (exact) mass is 408 g/mol. The number of halogens is 3. The number of aliphatic carboxylic acids is 1. The van der Waals surface area contributed by atoms with Crippen LogP contribution in [0.25, 0.3) is 0 Å². The summed E-state index contributed by atoms with van der Waals surface area (Å²) in [6.07, 6.45) is -3.49. The number of carbonyl (C=O) groups is 1. The highest BCUT2D eigenvalue weighted by molar-refractivity contribution is 5.68. The minimum absolute atomic E-state index is 0.286. The van der Waals surface area contributed by atoms with Crippen molar-refractivity contribution in [2.75, 3.05) is 13.2 Å². The Kier molecular flexibility index (Phi) is 7.78. The van der Waals surface area contributed by atoms with Gasteiger partial charge in [0.1, 0.15) is 17.2 Å². The molecule has 29 heavy (non-hydrogen) atoms. The van der Waals surface area contributed by atoms with E-state index in [4.69, 9.17) is 14.6 Å². The van der Waals surface area contributed by atoms with Gasteiger partial charge in [0, 0.05) is 12.0 Å². The smallest absolute Gasteiger partial charge is 0.494 e. The Labute approximate surface area is 166 Å². The third kappa shape index (κ3) is 8.47. The predicted octanol–water partition coefficient (Wildman–Crippen LogP) is 4.57. The maximum atomic E-state index is 12.1. The molecule has 0 spiro atoms. The fourth-order valence-corrected chi connectivity index (χ4v) is 2.27. The lowest BCUT2D eigenvalue weighted by atomic mass is 10.2. The van der Waals surface area contributed by atoms with Crippen molar-refractivity contribution in [3.63, 3.8) is 0 Å². The van der Waals surface area contributed by atoms with Crippen molar-refractivity contribution >= 4 is 5.97 Å². The Bertz CT molecular complexity index is 880. The van der Waals surface area contributed by atoms with Gasteiger partial charge in [-0.2, -0.15) is 0 Å². The van der Waals surface area contributed by atoms with E-state index in [0.29, 0.717) is 36.5 Å². The lowest BCUT2D eigenvalue weighted by molar-refractivity contribution is -0.274. The lowest BCUT2D eigenvalue weighted by Gasteiger charge is -2.10. The highest BCUT2D eigenvalue weighted by Gasteiger charge is 2.30. The number of hydrogen-bond donors (Lipinski definition) is 1. The first kappa shape index (κ1) is 22.0. The van der Waals surface area contributed by atoms with Crippen LogP contribution in [0, 0.1) is 18.8 Å². The van der Waals surface area contributed by atoms with Gasteiger partial charge in [-0.15, -0.1) is 13.2 Å². The molecule has 0 radical (unpaired) electrons. The summed E-state index contributed by atoms with van der Waals surface area (Å²) in [5, 5.41) is 8.63. The molecule has 0 saturated carbocycles. The Balaban J connectivity index is 1.73. The molecule has 0 saturated heterocycles. The molecule has 0 bridgehead atoms. The average molecular weight is 408 g/mol. The molecule has 2 rings (SSSR count). The highest BCUT2D eigenvalue weighted by atomic mass is 19.4. The summed E-state index contributed by atoms with van der Waals surface area (Å²) < 4.78 is 50.9. The highest BCUT2D eigenvalue weighted by Crippen LogP contribution is 2.24. The largest absolute Gasteiger partial charge is 0.573 e. The first-order valence-corrected chi connectivity index (χ1v) is 8.66. The SMILES string of the molecule is Cc1cc(OCCCC#Cc2ccc(OC(F)(F)F)cc2)ccc1OCC(=O)O. The topological polar surface area (TPSA) is 65.0 Å². The van der Waals surface area contributed by atoms with Crippen LogP contribution >= 0.6 is 0 Å². The average Bonchev–Trinajstić information content (AvgIpc) is 2.64. The van der Waals surface area contributed by atoms with E-state index in [1.54, 1.807) is 25.1 Å². The van der Waals surface area contributed by atoms with Crippen molar-refractivity contribution in [1.29, 1.82) is 0 Å². The summed E-state index contributed by atoms with van der Waals surface area (Å²) >= 11 is 0. The first-order chi connectivity index (χ1) is 13.7. The van der Waals surface area contributed by atoms with Gasteiger partial charge in [0.2, 0.25) is 0 Å². The molecule has 0 aliphatic rings. The minimum Gasteiger partial charge on any atom is -0.494 e. The Hall–Kier alpha value is -3.34. The number of hydrogen-bond acceptors (Lipinski definition) is 4. The summed E-state index contributed by atoms with van der Waals surface area (Å²) in [7, 11) is 0. The second-order valence-corrected chi connectivity index (χ2v) is 5.94. The van der Waals surface area contributed by atoms with E-state index in [0.717, 1.165) is 5.56 Å². The van der Waals surface area contributed by atoms with E-state index in [9.17, 15) is 18.0 Å². The first-order valence-electron chi connectivity index (χ1n) is 8.66. The number of carboxylic acid groups (broad SMARTS) is 1. The van der Waals surface area contributed by atoms with Crippen molar-refractivity contribution in [2.45, 2.75) is 26.1 Å². The van der Waals surface area contributed by atoms with E-state index in [-0.39, 0.29) is 5.75 Å². The molecule has 0 fully saturated rings. The normalized spacial score (nSPS) is 10.6. The van der Waals surface area contributed by atoms with Gasteiger partial charge in [0.25, 0.3) is 0 Å². The van der Waals surface area contributed by atoms with Crippen LogP contribution in [-0.4, -0.2) is 30.7 Å². The van der Waals surface area contributed by atoms with Crippen molar-refractivity contribution in [3.05, 3.63) is 53.6 Å². The molecule has 0 amide bonds. The second kappa shape index (κ2) is 10.3. The standard InChI is InChI=1S/C21H19F3O5/c1-15-13-18(10-11-19(15)28-14-20(25)26)27-12-4-2-3-5-16-6-8-17(9-7-16)29-21(22,23)24/h6-11,13H,2,4,12,14H2,1H3,(H,25,26). The number of aryl methyl sites for hydroxylation is 1. The molecule has 154 valence electrons. The number of benzene rings is 2. The van der Waals surface area contributed by atoms with E-state index in [1.165, 1.54) is 24.3 Å². The quantitative estimate of drug-likeness (QED) is 0.512. The molecule has 8 heteroatoms. The van der Waals surface area contributed by atoms with Gasteiger partial charge in [-0.25, -0.2) is 4.79 Å². The van der Waals surface area contributed by atoms with Gasteiger partial charge < -0.3 is 19.3 Å². The summed E-state index contributed by atoms with van der Waals surface area (Å²) in [5.74, 6) is 5.59. The molecule has 0 atom stereocenters. The van der Waals surface area contributed by atoms with Crippen LogP contribution in [0.4, 0.5) is 13.2 Å². The fourth-order valence-electron chi connectivity index (χ4n) is 2.27. The molecule has 1 N–H and O–H groups in total. The molecule has 0 heterocycles. The van der Waals surface area contributed by atoms with Gasteiger partial charge >= 0.3 is 12.3 Å². The van der Waals surface area contributed by atoms with Crippen molar-refractivity contribution in [1.82, 2.24) is 0 Å². The van der Waals surface area contributed by atoms with Crippen LogP contribution in [0.2, 0.25) is 0 Å². The molecular weight excluding hydrogens is 389 g/mol. The number of carboxylic acids is 1. The molecule has 0 unspecified atom stereocenters. The maximum Gasteiger partial charge on any atom is 0.573 e. The fraction of sp³-hybridized carbons (Fsp3) is 0.286. The third-order valence-corrected chi connectivity index (χ3v) is 3.53. The van der Waals surface area contributed by atoms with Crippen LogP contribution in [-0.2, 0) is 4.79 Å². The molecule has 0 aromatic heterocycles. The molecular formula is C21H19F3O5. The lowest BCUT2D eigenvalue weighted by Crippen LogP contribution is -2.16. The van der Waals surface area contributed by atoms with Crippen molar-refractivity contribution in [3.8, 4) is 29.1 Å². The third-order valence-electron chi connectivity index (χ3n) is 3.53. The molecule has 0 aliphatic carbocycles. The summed E-state index contributed by atoms with van der Waals surface area (Å²) in [4.78, 5) is 10.5. The Morgan fingerprint density at radius 1 is 1.07 bits per heavy atom. The summed E-state index contributed by atoms with van der Waals surface area (Å²) in [6, 6.07) is 10.5.